The van der Waals surface area contributed by atoms with Gasteiger partial charge in [0.05, 0.1) is 16.8 Å². The van der Waals surface area contributed by atoms with E-state index in [1.54, 1.807) is 24.3 Å². The molecular weight excluding hydrogens is 334 g/mol. The van der Waals surface area contributed by atoms with Gasteiger partial charge in [-0.3, -0.25) is 4.90 Å². The summed E-state index contributed by atoms with van der Waals surface area (Å²) in [5.74, 6) is 0.313. The summed E-state index contributed by atoms with van der Waals surface area (Å²) in [6.45, 7) is 1.82. The molecule has 1 radical (unpaired) electrons. The molecular formula is C20H24NO3S. The summed E-state index contributed by atoms with van der Waals surface area (Å²) < 4.78 is 24.7. The molecule has 2 aromatic rings. The number of benzene rings is 2. The van der Waals surface area contributed by atoms with Crippen LogP contribution in [0.5, 0.6) is 0 Å². The summed E-state index contributed by atoms with van der Waals surface area (Å²) in [4.78, 5) is 2.39. The van der Waals surface area contributed by atoms with Gasteiger partial charge >= 0.3 is 0 Å². The van der Waals surface area contributed by atoms with E-state index in [1.165, 1.54) is 5.56 Å². The molecule has 2 atom stereocenters. The van der Waals surface area contributed by atoms with Crippen molar-refractivity contribution < 1.29 is 13.5 Å². The van der Waals surface area contributed by atoms with Crippen LogP contribution in [0.25, 0.3) is 0 Å². The van der Waals surface area contributed by atoms with E-state index < -0.39 is 15.9 Å². The Morgan fingerprint density at radius 3 is 2.52 bits per heavy atom. The Kier molecular flexibility index (Phi) is 5.89. The van der Waals surface area contributed by atoms with Gasteiger partial charge in [0.25, 0.3) is 0 Å². The maximum absolute atomic E-state index is 12.4. The molecule has 133 valence electrons. The quantitative estimate of drug-likeness (QED) is 0.860. The summed E-state index contributed by atoms with van der Waals surface area (Å²) >= 11 is 0. The molecule has 3 rings (SSSR count). The van der Waals surface area contributed by atoms with Crippen LogP contribution < -0.4 is 0 Å². The van der Waals surface area contributed by atoms with Crippen LogP contribution in [0.3, 0.4) is 0 Å². The Morgan fingerprint density at radius 2 is 1.84 bits per heavy atom. The Labute approximate surface area is 150 Å². The number of aliphatic hydroxyl groups is 1. The fourth-order valence-electron chi connectivity index (χ4n) is 3.35. The van der Waals surface area contributed by atoms with Crippen LogP contribution in [-0.4, -0.2) is 49.9 Å². The molecule has 25 heavy (non-hydrogen) atoms. The Bertz CT molecular complexity index is 762. The van der Waals surface area contributed by atoms with E-state index in [4.69, 9.17) is 0 Å². The molecule has 1 N–H and O–H groups in total. The van der Waals surface area contributed by atoms with Gasteiger partial charge in [0.1, 0.15) is 0 Å². The highest BCUT2D eigenvalue weighted by Gasteiger charge is 2.28. The predicted molar refractivity (Wildman–Crippen MR) is 98.0 cm³/mol. The lowest BCUT2D eigenvalue weighted by Gasteiger charge is -2.36. The number of aliphatic hydroxyl groups excluding tert-OH is 1. The molecule has 0 bridgehead atoms. The number of likely N-dealkylation sites (tertiary alicyclic amines) is 1. The molecule has 2 unspecified atom stereocenters. The third-order valence-corrected chi connectivity index (χ3v) is 6.58. The third kappa shape index (κ3) is 4.91. The first-order chi connectivity index (χ1) is 12.0. The van der Waals surface area contributed by atoms with Crippen LogP contribution >= 0.6 is 0 Å². The summed E-state index contributed by atoms with van der Waals surface area (Å²) in [5, 5.41) is 10.5. The van der Waals surface area contributed by atoms with Gasteiger partial charge in [0.2, 0.25) is 0 Å². The van der Waals surface area contributed by atoms with Crippen molar-refractivity contribution >= 4 is 9.84 Å². The molecule has 0 amide bonds. The topological polar surface area (TPSA) is 57.6 Å². The lowest BCUT2D eigenvalue weighted by molar-refractivity contribution is 0.0245. The van der Waals surface area contributed by atoms with E-state index in [-0.39, 0.29) is 11.7 Å². The lowest BCUT2D eigenvalue weighted by Crippen LogP contribution is -2.46. The van der Waals surface area contributed by atoms with Gasteiger partial charge in [-0.2, -0.15) is 0 Å². The van der Waals surface area contributed by atoms with Crippen LogP contribution in [0, 0.1) is 12.0 Å². The molecule has 5 heteroatoms. The van der Waals surface area contributed by atoms with Crippen molar-refractivity contribution in [3.05, 3.63) is 66.2 Å². The second-order valence-corrected chi connectivity index (χ2v) is 8.77. The fourth-order valence-corrected chi connectivity index (χ4v) is 4.63. The minimum atomic E-state index is -3.28. The minimum Gasteiger partial charge on any atom is -0.391 e. The molecule has 0 saturated carbocycles. The summed E-state index contributed by atoms with van der Waals surface area (Å²) in [6.07, 6.45) is 1.34. The Morgan fingerprint density at radius 1 is 1.12 bits per heavy atom. The SMILES string of the molecule is O=S(=O)(CCN1CCC(Cc2ccccc2)C(O)C1)c1cc[c]cc1. The molecule has 1 aliphatic heterocycles. The van der Waals surface area contributed by atoms with Crippen LogP contribution in [0.15, 0.2) is 59.5 Å². The highest BCUT2D eigenvalue weighted by Crippen LogP contribution is 2.22. The first-order valence-corrected chi connectivity index (χ1v) is 10.3. The largest absolute Gasteiger partial charge is 0.391 e. The molecule has 2 aromatic carbocycles. The average Bonchev–Trinajstić information content (AvgIpc) is 2.64. The molecule has 0 spiro atoms. The molecule has 0 aliphatic carbocycles. The molecule has 4 nitrogen and oxygen atoms in total. The van der Waals surface area contributed by atoms with E-state index in [9.17, 15) is 13.5 Å². The molecule has 1 fully saturated rings. The third-order valence-electron chi connectivity index (χ3n) is 4.87. The van der Waals surface area contributed by atoms with Crippen molar-refractivity contribution in [2.75, 3.05) is 25.4 Å². The van der Waals surface area contributed by atoms with E-state index in [0.717, 1.165) is 19.4 Å². The van der Waals surface area contributed by atoms with Gasteiger partial charge in [-0.05, 0) is 49.1 Å². The average molecular weight is 358 g/mol. The van der Waals surface area contributed by atoms with Crippen molar-refractivity contribution in [1.82, 2.24) is 4.90 Å². The summed E-state index contributed by atoms with van der Waals surface area (Å²) in [7, 11) is -3.28. The van der Waals surface area contributed by atoms with Crippen molar-refractivity contribution in [3.63, 3.8) is 0 Å². The normalized spacial score (nSPS) is 22.0. The lowest BCUT2D eigenvalue weighted by atomic mass is 9.88. The smallest absolute Gasteiger partial charge is 0.179 e. The highest BCUT2D eigenvalue weighted by atomic mass is 32.2. The van der Waals surface area contributed by atoms with Gasteiger partial charge < -0.3 is 5.11 Å². The second kappa shape index (κ2) is 8.13. The molecule has 0 aromatic heterocycles. The maximum Gasteiger partial charge on any atom is 0.179 e. The predicted octanol–water partition coefficient (Wildman–Crippen LogP) is 2.19. The number of piperidine rings is 1. The number of hydrogen-bond donors (Lipinski definition) is 1. The minimum absolute atomic E-state index is 0.0765. The first-order valence-electron chi connectivity index (χ1n) is 8.68. The van der Waals surface area contributed by atoms with Crippen molar-refractivity contribution in [1.29, 1.82) is 0 Å². The Balaban J connectivity index is 1.51. The van der Waals surface area contributed by atoms with E-state index in [2.05, 4.69) is 23.1 Å². The van der Waals surface area contributed by atoms with Crippen molar-refractivity contribution in [3.8, 4) is 0 Å². The highest BCUT2D eigenvalue weighted by molar-refractivity contribution is 7.91. The zero-order chi connectivity index (χ0) is 17.7. The van der Waals surface area contributed by atoms with Crippen LogP contribution in [0.2, 0.25) is 0 Å². The molecule has 1 heterocycles. The number of nitrogens with zero attached hydrogens (tertiary/aromatic N) is 1. The van der Waals surface area contributed by atoms with Crippen LogP contribution in [0.4, 0.5) is 0 Å². The Hall–Kier alpha value is -1.69. The number of β-amino-alcohol motifs (C(OH)–C–C–N with tert-alkyl or cyclic N) is 1. The zero-order valence-corrected chi connectivity index (χ0v) is 15.0. The van der Waals surface area contributed by atoms with Crippen molar-refractivity contribution in [2.24, 2.45) is 5.92 Å². The van der Waals surface area contributed by atoms with E-state index in [1.807, 2.05) is 18.2 Å². The molecule has 1 saturated heterocycles. The number of rotatable bonds is 6. The zero-order valence-electron chi connectivity index (χ0n) is 14.2. The monoisotopic (exact) mass is 358 g/mol. The second-order valence-electron chi connectivity index (χ2n) is 6.66. The fraction of sp³-hybridized carbons (Fsp3) is 0.400. The van der Waals surface area contributed by atoms with Gasteiger partial charge in [-0.1, -0.05) is 42.5 Å². The number of sulfone groups is 1. The van der Waals surface area contributed by atoms with Crippen LogP contribution in [-0.2, 0) is 16.3 Å². The van der Waals surface area contributed by atoms with Gasteiger partial charge in [-0.15, -0.1) is 0 Å². The van der Waals surface area contributed by atoms with Gasteiger partial charge in [-0.25, -0.2) is 8.42 Å². The van der Waals surface area contributed by atoms with Gasteiger partial charge in [0.15, 0.2) is 9.84 Å². The van der Waals surface area contributed by atoms with Crippen molar-refractivity contribution in [2.45, 2.75) is 23.8 Å². The molecule has 1 aliphatic rings. The van der Waals surface area contributed by atoms with E-state index in [0.29, 0.717) is 18.0 Å². The van der Waals surface area contributed by atoms with Gasteiger partial charge in [0, 0.05) is 13.1 Å². The van der Waals surface area contributed by atoms with Crippen LogP contribution in [0.1, 0.15) is 12.0 Å². The maximum atomic E-state index is 12.4. The standard InChI is InChI=1S/C20H24NO3S/c22-20-16-21(12-11-18(20)15-17-7-3-1-4-8-17)13-14-25(23,24)19-9-5-2-6-10-19/h1,3-10,18,20,22H,11-16H2. The first kappa shape index (κ1) is 18.1. The van der Waals surface area contributed by atoms with E-state index >= 15 is 0 Å². The summed E-state index contributed by atoms with van der Waals surface area (Å²) in [6, 6.07) is 19.4. The summed E-state index contributed by atoms with van der Waals surface area (Å²) in [5.41, 5.74) is 1.24. The number of hydrogen-bond acceptors (Lipinski definition) is 4.